The number of methoxy groups -OCH3 is 1. The molecule has 0 atom stereocenters. The minimum absolute atomic E-state index is 0.0590. The van der Waals surface area contributed by atoms with Crippen molar-refractivity contribution in [3.8, 4) is 17.6 Å². The Morgan fingerprint density at radius 3 is 2.60 bits per heavy atom. The monoisotopic (exact) mass is 464 g/mol. The normalized spacial score (nSPS) is 10.9. The lowest BCUT2D eigenvalue weighted by atomic mass is 10.1. The molecule has 0 heterocycles. The van der Waals surface area contributed by atoms with E-state index >= 15 is 0 Å². The Hall–Kier alpha value is -2.30. The second-order valence-corrected chi connectivity index (χ2v) is 6.57. The number of nitrogens with one attached hydrogen (secondary N) is 1. The Kier molecular flexibility index (Phi) is 6.62. The highest BCUT2D eigenvalue weighted by molar-refractivity contribution is 9.13. The van der Waals surface area contributed by atoms with Gasteiger partial charge >= 0.3 is 0 Å². The number of ether oxygens (including phenoxy) is 1. The number of halogens is 2. The fourth-order valence-electron chi connectivity index (χ4n) is 2.05. The van der Waals surface area contributed by atoms with Crippen molar-refractivity contribution in [2.24, 2.45) is 0 Å². The van der Waals surface area contributed by atoms with Crippen LogP contribution in [0.25, 0.3) is 6.08 Å². The van der Waals surface area contributed by atoms with E-state index in [1.807, 2.05) is 36.4 Å². The lowest BCUT2D eigenvalue weighted by Crippen LogP contribution is -2.23. The van der Waals surface area contributed by atoms with Gasteiger partial charge in [-0.25, -0.2) is 0 Å². The number of carbonyl (C=O) groups is 1. The third kappa shape index (κ3) is 4.62. The molecule has 2 rings (SSSR count). The zero-order valence-corrected chi connectivity index (χ0v) is 16.4. The van der Waals surface area contributed by atoms with Crippen LogP contribution in [-0.2, 0) is 11.3 Å². The van der Waals surface area contributed by atoms with Gasteiger partial charge in [0.05, 0.1) is 11.6 Å². The smallest absolute Gasteiger partial charge is 0.262 e. The van der Waals surface area contributed by atoms with Crippen molar-refractivity contribution >= 4 is 43.8 Å². The summed E-state index contributed by atoms with van der Waals surface area (Å²) in [6, 6.07) is 12.8. The van der Waals surface area contributed by atoms with Gasteiger partial charge in [-0.2, -0.15) is 5.26 Å². The van der Waals surface area contributed by atoms with Crippen molar-refractivity contribution < 1.29 is 14.6 Å². The number of hydrogen-bond acceptors (Lipinski definition) is 4. The van der Waals surface area contributed by atoms with Gasteiger partial charge in [0.15, 0.2) is 11.5 Å². The minimum atomic E-state index is -0.485. The van der Waals surface area contributed by atoms with Gasteiger partial charge in [0.2, 0.25) is 0 Å². The zero-order chi connectivity index (χ0) is 18.4. The van der Waals surface area contributed by atoms with E-state index in [-0.39, 0.29) is 17.1 Å². The lowest BCUT2D eigenvalue weighted by Gasteiger charge is -2.10. The largest absolute Gasteiger partial charge is 0.503 e. The molecule has 0 aliphatic heterocycles. The summed E-state index contributed by atoms with van der Waals surface area (Å²) < 4.78 is 5.97. The molecule has 7 heteroatoms. The molecular formula is C18H14Br2N2O3. The number of nitriles is 1. The number of phenolic OH excluding ortho intramolecular Hbond substituents is 1. The average Bonchev–Trinajstić information content (AvgIpc) is 2.64. The van der Waals surface area contributed by atoms with Crippen LogP contribution in [0.5, 0.6) is 11.5 Å². The first-order valence-corrected chi connectivity index (χ1v) is 8.75. The molecule has 1 amide bonds. The molecule has 25 heavy (non-hydrogen) atoms. The fourth-order valence-corrected chi connectivity index (χ4v) is 2.89. The van der Waals surface area contributed by atoms with Crippen molar-refractivity contribution in [2.75, 3.05) is 7.11 Å². The van der Waals surface area contributed by atoms with Gasteiger partial charge in [-0.1, -0.05) is 30.3 Å². The Bertz CT molecular complexity index is 859. The van der Waals surface area contributed by atoms with Gasteiger partial charge in [0.1, 0.15) is 11.6 Å². The van der Waals surface area contributed by atoms with E-state index in [9.17, 15) is 15.2 Å². The van der Waals surface area contributed by atoms with Crippen LogP contribution in [0.2, 0.25) is 0 Å². The topological polar surface area (TPSA) is 82.3 Å². The number of nitrogens with zero attached hydrogens (tertiary/aromatic N) is 1. The van der Waals surface area contributed by atoms with Gasteiger partial charge in [0, 0.05) is 11.0 Å². The third-order valence-corrected chi connectivity index (χ3v) is 5.51. The molecule has 128 valence electrons. The number of hydrogen-bond donors (Lipinski definition) is 2. The summed E-state index contributed by atoms with van der Waals surface area (Å²) in [5.74, 6) is -0.330. The summed E-state index contributed by atoms with van der Waals surface area (Å²) in [7, 11) is 1.42. The second-order valence-electron chi connectivity index (χ2n) is 4.98. The van der Waals surface area contributed by atoms with Crippen molar-refractivity contribution in [3.05, 3.63) is 62.0 Å². The summed E-state index contributed by atoms with van der Waals surface area (Å²) in [5.41, 5.74) is 1.40. The van der Waals surface area contributed by atoms with Crippen LogP contribution in [0, 0.1) is 11.3 Å². The number of amides is 1. The van der Waals surface area contributed by atoms with Crippen molar-refractivity contribution in [3.63, 3.8) is 0 Å². The second kappa shape index (κ2) is 8.70. The molecule has 2 N–H and O–H groups in total. The quantitative estimate of drug-likeness (QED) is 0.513. The molecule has 0 aliphatic carbocycles. The first kappa shape index (κ1) is 19.0. The molecule has 0 unspecified atom stereocenters. The highest BCUT2D eigenvalue weighted by Crippen LogP contribution is 2.42. The Morgan fingerprint density at radius 2 is 2.00 bits per heavy atom. The van der Waals surface area contributed by atoms with Gasteiger partial charge in [-0.3, -0.25) is 4.79 Å². The zero-order valence-electron chi connectivity index (χ0n) is 13.2. The van der Waals surface area contributed by atoms with Gasteiger partial charge in [0.25, 0.3) is 5.91 Å². The van der Waals surface area contributed by atoms with Crippen molar-refractivity contribution in [2.45, 2.75) is 6.54 Å². The summed E-state index contributed by atoms with van der Waals surface area (Å²) in [4.78, 5) is 12.3. The van der Waals surface area contributed by atoms with Crippen LogP contribution >= 0.6 is 31.9 Å². The van der Waals surface area contributed by atoms with E-state index in [1.54, 1.807) is 0 Å². The van der Waals surface area contributed by atoms with E-state index in [4.69, 9.17) is 4.74 Å². The van der Waals surface area contributed by atoms with E-state index in [0.29, 0.717) is 21.1 Å². The number of benzene rings is 2. The predicted molar refractivity (Wildman–Crippen MR) is 102 cm³/mol. The highest BCUT2D eigenvalue weighted by atomic mass is 79.9. The maximum Gasteiger partial charge on any atom is 0.262 e. The standard InChI is InChI=1S/C18H14Br2N2O3/c1-25-14-8-12(15(19)16(20)17(14)23)7-13(9-21)18(24)22-10-11-5-3-2-4-6-11/h2-8,23H,10H2,1H3,(H,22,24)/b13-7+. The first-order chi connectivity index (χ1) is 12.0. The van der Waals surface area contributed by atoms with Crippen LogP contribution in [-0.4, -0.2) is 18.1 Å². The molecule has 0 saturated heterocycles. The number of phenols is 1. The van der Waals surface area contributed by atoms with Crippen LogP contribution in [0.4, 0.5) is 0 Å². The fraction of sp³-hybridized carbons (Fsp3) is 0.111. The van der Waals surface area contributed by atoms with Crippen molar-refractivity contribution in [1.29, 1.82) is 5.26 Å². The Morgan fingerprint density at radius 1 is 1.32 bits per heavy atom. The van der Waals surface area contributed by atoms with Crippen LogP contribution in [0.1, 0.15) is 11.1 Å². The van der Waals surface area contributed by atoms with E-state index in [2.05, 4.69) is 37.2 Å². The number of carbonyl (C=O) groups excluding carboxylic acids is 1. The molecule has 2 aromatic rings. The van der Waals surface area contributed by atoms with Crippen LogP contribution < -0.4 is 10.1 Å². The summed E-state index contributed by atoms with van der Waals surface area (Å²) in [6.45, 7) is 0.322. The molecule has 2 aromatic carbocycles. The summed E-state index contributed by atoms with van der Waals surface area (Å²) in [6.07, 6.45) is 1.43. The molecule has 0 fully saturated rings. The van der Waals surface area contributed by atoms with Crippen LogP contribution in [0.3, 0.4) is 0 Å². The Labute approximate surface area is 162 Å². The molecule has 0 aromatic heterocycles. The van der Waals surface area contributed by atoms with Gasteiger partial charge < -0.3 is 15.2 Å². The van der Waals surface area contributed by atoms with Crippen LogP contribution in [0.15, 0.2) is 50.9 Å². The lowest BCUT2D eigenvalue weighted by molar-refractivity contribution is -0.117. The number of rotatable bonds is 5. The SMILES string of the molecule is COc1cc(/C=C(\C#N)C(=O)NCc2ccccc2)c(Br)c(Br)c1O. The molecular weight excluding hydrogens is 452 g/mol. The Balaban J connectivity index is 2.27. The molecule has 0 radical (unpaired) electrons. The molecule has 0 saturated carbocycles. The van der Waals surface area contributed by atoms with Gasteiger partial charge in [-0.05, 0) is 55.1 Å². The average molecular weight is 466 g/mol. The van der Waals surface area contributed by atoms with Gasteiger partial charge in [-0.15, -0.1) is 0 Å². The summed E-state index contributed by atoms with van der Waals surface area (Å²) >= 11 is 6.57. The first-order valence-electron chi connectivity index (χ1n) is 7.16. The molecule has 0 spiro atoms. The maximum absolute atomic E-state index is 12.3. The third-order valence-electron chi connectivity index (χ3n) is 3.35. The molecule has 5 nitrogen and oxygen atoms in total. The van der Waals surface area contributed by atoms with E-state index in [1.165, 1.54) is 19.3 Å². The summed E-state index contributed by atoms with van der Waals surface area (Å²) in [5, 5.41) is 22.0. The van der Waals surface area contributed by atoms with Crippen molar-refractivity contribution in [1.82, 2.24) is 5.32 Å². The predicted octanol–water partition coefficient (Wildman–Crippen LogP) is 4.15. The van der Waals surface area contributed by atoms with E-state index < -0.39 is 5.91 Å². The maximum atomic E-state index is 12.3. The number of aromatic hydroxyl groups is 1. The van der Waals surface area contributed by atoms with E-state index in [0.717, 1.165) is 5.56 Å². The molecule has 0 bridgehead atoms. The molecule has 0 aliphatic rings. The highest BCUT2D eigenvalue weighted by Gasteiger charge is 2.16. The minimum Gasteiger partial charge on any atom is -0.503 e.